The minimum Gasteiger partial charge on any atom is -0.369 e. The van der Waals surface area contributed by atoms with E-state index in [2.05, 4.69) is 49.9 Å². The van der Waals surface area contributed by atoms with E-state index in [1.54, 1.807) is 35.1 Å². The maximum absolute atomic E-state index is 13.1. The number of carbonyl (C=O) groups is 1. The van der Waals surface area contributed by atoms with Crippen molar-refractivity contribution in [3.8, 4) is 22.4 Å². The quantitative estimate of drug-likeness (QED) is 0.296. The molecular formula is C30H25F3N6O. The molecule has 10 heteroatoms. The van der Waals surface area contributed by atoms with E-state index in [4.69, 9.17) is 0 Å². The van der Waals surface area contributed by atoms with E-state index in [1.807, 2.05) is 12.1 Å². The fourth-order valence-corrected chi connectivity index (χ4v) is 4.88. The van der Waals surface area contributed by atoms with E-state index >= 15 is 0 Å². The molecule has 3 heterocycles. The Morgan fingerprint density at radius 1 is 0.900 bits per heavy atom. The van der Waals surface area contributed by atoms with Crippen molar-refractivity contribution < 1.29 is 18.0 Å². The molecule has 2 aromatic heterocycles. The molecule has 0 aliphatic carbocycles. The van der Waals surface area contributed by atoms with Gasteiger partial charge in [-0.1, -0.05) is 30.3 Å². The van der Waals surface area contributed by atoms with Crippen LogP contribution < -0.4 is 15.5 Å². The number of halogens is 3. The lowest BCUT2D eigenvalue weighted by Crippen LogP contribution is -2.43. The van der Waals surface area contributed by atoms with E-state index in [0.717, 1.165) is 60.7 Å². The second-order valence-electron chi connectivity index (χ2n) is 9.52. The van der Waals surface area contributed by atoms with Gasteiger partial charge in [0.25, 0.3) is 5.91 Å². The minimum absolute atomic E-state index is 0.0776. The Bertz CT molecular complexity index is 1670. The van der Waals surface area contributed by atoms with Crippen molar-refractivity contribution in [1.29, 1.82) is 0 Å². The van der Waals surface area contributed by atoms with Gasteiger partial charge < -0.3 is 15.5 Å². The number of anilines is 2. The first-order chi connectivity index (χ1) is 19.4. The van der Waals surface area contributed by atoms with Gasteiger partial charge in [-0.15, -0.1) is 0 Å². The second kappa shape index (κ2) is 10.5. The van der Waals surface area contributed by atoms with E-state index in [-0.39, 0.29) is 5.56 Å². The van der Waals surface area contributed by atoms with Crippen molar-refractivity contribution in [2.45, 2.75) is 6.18 Å². The van der Waals surface area contributed by atoms with Crippen LogP contribution in [0.4, 0.5) is 24.5 Å². The van der Waals surface area contributed by atoms with Crippen LogP contribution >= 0.6 is 0 Å². The highest BCUT2D eigenvalue weighted by molar-refractivity contribution is 6.04. The summed E-state index contributed by atoms with van der Waals surface area (Å²) in [7, 11) is 0. The van der Waals surface area contributed by atoms with E-state index in [1.165, 1.54) is 17.8 Å². The lowest BCUT2D eigenvalue weighted by Gasteiger charge is -2.29. The van der Waals surface area contributed by atoms with Gasteiger partial charge in [-0.3, -0.25) is 4.79 Å². The number of fused-ring (bicyclic) bond motifs is 1. The Morgan fingerprint density at radius 2 is 1.68 bits per heavy atom. The maximum atomic E-state index is 13.1. The zero-order valence-electron chi connectivity index (χ0n) is 21.3. The van der Waals surface area contributed by atoms with Crippen LogP contribution in [0, 0.1) is 0 Å². The van der Waals surface area contributed by atoms with Gasteiger partial charge in [0.1, 0.15) is 0 Å². The predicted molar refractivity (Wildman–Crippen MR) is 148 cm³/mol. The number of carbonyl (C=O) groups excluding carboxylic acids is 1. The van der Waals surface area contributed by atoms with Crippen LogP contribution in [0.25, 0.3) is 28.0 Å². The third-order valence-electron chi connectivity index (χ3n) is 6.93. The van der Waals surface area contributed by atoms with Crippen molar-refractivity contribution in [3.05, 3.63) is 102 Å². The van der Waals surface area contributed by atoms with Crippen LogP contribution in [-0.4, -0.2) is 46.7 Å². The van der Waals surface area contributed by atoms with E-state index < -0.39 is 17.6 Å². The van der Waals surface area contributed by atoms with Crippen molar-refractivity contribution in [2.24, 2.45) is 0 Å². The van der Waals surface area contributed by atoms with Crippen LogP contribution in [0.1, 0.15) is 15.9 Å². The Kier molecular flexibility index (Phi) is 6.69. The largest absolute Gasteiger partial charge is 0.416 e. The average Bonchev–Trinajstić information content (AvgIpc) is 3.42. The summed E-state index contributed by atoms with van der Waals surface area (Å²) in [4.78, 5) is 19.7. The predicted octanol–water partition coefficient (Wildman–Crippen LogP) is 5.74. The summed E-state index contributed by atoms with van der Waals surface area (Å²) >= 11 is 0. The lowest BCUT2D eigenvalue weighted by atomic mass is 10.1. The molecule has 1 saturated heterocycles. The summed E-state index contributed by atoms with van der Waals surface area (Å²) in [5, 5.41) is 10.7. The Morgan fingerprint density at radius 3 is 2.45 bits per heavy atom. The third-order valence-corrected chi connectivity index (χ3v) is 6.93. The Hall–Kier alpha value is -4.70. The van der Waals surface area contributed by atoms with E-state index in [0.29, 0.717) is 11.3 Å². The summed E-state index contributed by atoms with van der Waals surface area (Å²) in [6.45, 7) is 3.89. The van der Waals surface area contributed by atoms with Crippen LogP contribution in [0.15, 0.2) is 91.3 Å². The molecule has 0 unspecified atom stereocenters. The molecule has 6 rings (SSSR count). The first-order valence-corrected chi connectivity index (χ1v) is 12.8. The highest BCUT2D eigenvalue weighted by Crippen LogP contribution is 2.31. The van der Waals surface area contributed by atoms with Gasteiger partial charge in [-0.2, -0.15) is 18.3 Å². The Balaban J connectivity index is 1.26. The number of alkyl halides is 3. The molecule has 202 valence electrons. The minimum atomic E-state index is -4.53. The van der Waals surface area contributed by atoms with Gasteiger partial charge in [0.05, 0.1) is 17.5 Å². The summed E-state index contributed by atoms with van der Waals surface area (Å²) in [5.74, 6) is -0.631. The van der Waals surface area contributed by atoms with Gasteiger partial charge >= 0.3 is 6.18 Å². The third kappa shape index (κ3) is 5.13. The normalized spacial score (nSPS) is 13.9. The number of piperazine rings is 1. The highest BCUT2D eigenvalue weighted by Gasteiger charge is 2.31. The van der Waals surface area contributed by atoms with Crippen LogP contribution in [0.2, 0.25) is 0 Å². The van der Waals surface area contributed by atoms with Crippen molar-refractivity contribution in [1.82, 2.24) is 19.9 Å². The summed E-state index contributed by atoms with van der Waals surface area (Å²) in [6.07, 6.45) is -1.04. The van der Waals surface area contributed by atoms with Crippen LogP contribution in [-0.2, 0) is 6.18 Å². The summed E-state index contributed by atoms with van der Waals surface area (Å²) in [5.41, 5.74) is 4.77. The maximum Gasteiger partial charge on any atom is 0.416 e. The molecule has 0 saturated carbocycles. The molecule has 1 amide bonds. The molecule has 0 bridgehead atoms. The Labute approximate surface area is 228 Å². The molecule has 2 N–H and O–H groups in total. The summed E-state index contributed by atoms with van der Waals surface area (Å²) < 4.78 is 41.0. The molecule has 0 atom stereocenters. The molecule has 1 aliphatic rings. The fourth-order valence-electron chi connectivity index (χ4n) is 4.88. The number of nitrogens with zero attached hydrogens (tertiary/aromatic N) is 4. The number of nitrogens with one attached hydrogen (secondary N) is 2. The smallest absolute Gasteiger partial charge is 0.369 e. The van der Waals surface area contributed by atoms with Gasteiger partial charge in [0.2, 0.25) is 0 Å². The van der Waals surface area contributed by atoms with Crippen molar-refractivity contribution in [3.63, 3.8) is 0 Å². The molecule has 0 spiro atoms. The lowest BCUT2D eigenvalue weighted by molar-refractivity contribution is -0.137. The molecule has 7 nitrogen and oxygen atoms in total. The van der Waals surface area contributed by atoms with Crippen molar-refractivity contribution >= 4 is 22.9 Å². The van der Waals surface area contributed by atoms with Gasteiger partial charge in [-0.25, -0.2) is 9.50 Å². The van der Waals surface area contributed by atoms with E-state index in [9.17, 15) is 18.0 Å². The molecule has 0 radical (unpaired) electrons. The van der Waals surface area contributed by atoms with Crippen LogP contribution in [0.5, 0.6) is 0 Å². The molecular weight excluding hydrogens is 517 g/mol. The number of hydrogen-bond donors (Lipinski definition) is 2. The summed E-state index contributed by atoms with van der Waals surface area (Å²) in [6, 6.07) is 21.6. The number of aromatic nitrogens is 3. The van der Waals surface area contributed by atoms with Gasteiger partial charge in [-0.05, 0) is 54.1 Å². The zero-order chi connectivity index (χ0) is 27.7. The van der Waals surface area contributed by atoms with Gasteiger partial charge in [0.15, 0.2) is 5.65 Å². The van der Waals surface area contributed by atoms with Crippen LogP contribution in [0.3, 0.4) is 0 Å². The first kappa shape index (κ1) is 25.6. The average molecular weight is 543 g/mol. The number of benzene rings is 3. The van der Waals surface area contributed by atoms with Crippen molar-refractivity contribution in [2.75, 3.05) is 36.4 Å². The molecule has 3 aromatic carbocycles. The first-order valence-electron chi connectivity index (χ1n) is 12.8. The number of rotatable bonds is 5. The monoisotopic (exact) mass is 542 g/mol. The topological polar surface area (TPSA) is 74.6 Å². The van der Waals surface area contributed by atoms with Gasteiger partial charge in [0, 0.05) is 60.4 Å². The SMILES string of the molecule is O=C(Nc1cccc(-c2ccnc3c(-c4ccc(N5CCNCC5)cc4)cnn23)c1)c1cccc(C(F)(F)F)c1. The molecule has 40 heavy (non-hydrogen) atoms. The number of hydrogen-bond acceptors (Lipinski definition) is 5. The second-order valence-corrected chi connectivity index (χ2v) is 9.52. The zero-order valence-corrected chi connectivity index (χ0v) is 21.3. The molecule has 1 fully saturated rings. The number of amides is 1. The molecule has 5 aromatic rings. The standard InChI is InChI=1S/C30H25F3N6O/c31-30(32,33)23-5-1-4-22(17-23)29(40)37-24-6-2-3-21(18-24)27-11-12-35-28-26(19-36-39(27)28)20-7-9-25(10-8-20)38-15-13-34-14-16-38/h1-12,17-19,34H,13-16H2,(H,37,40). The fraction of sp³-hybridized carbons (Fsp3) is 0.167. The highest BCUT2D eigenvalue weighted by atomic mass is 19.4. The molecule has 1 aliphatic heterocycles.